The molecule has 0 saturated carbocycles. The van der Waals surface area contributed by atoms with Crippen LogP contribution in [0.1, 0.15) is 16.7 Å². The van der Waals surface area contributed by atoms with Crippen molar-refractivity contribution in [1.82, 2.24) is 4.98 Å². The molecule has 0 bridgehead atoms. The number of aryl methyl sites for hydroxylation is 3. The minimum Gasteiger partial charge on any atom is -0.473 e. The molecule has 2 rings (SSSR count). The van der Waals surface area contributed by atoms with Gasteiger partial charge >= 0.3 is 0 Å². The van der Waals surface area contributed by atoms with Crippen LogP contribution < -0.4 is 4.74 Å². The Morgan fingerprint density at radius 2 is 1.75 bits per heavy atom. The lowest BCUT2D eigenvalue weighted by Crippen LogP contribution is -1.90. The fraction of sp³-hybridized carbons (Fsp3) is 0.308. The van der Waals surface area contributed by atoms with Crippen LogP contribution in [0.3, 0.4) is 0 Å². The van der Waals surface area contributed by atoms with Crippen molar-refractivity contribution in [3.63, 3.8) is 0 Å². The van der Waals surface area contributed by atoms with Crippen molar-refractivity contribution in [1.29, 1.82) is 0 Å². The van der Waals surface area contributed by atoms with Gasteiger partial charge < -0.3 is 4.74 Å². The fourth-order valence-corrected chi connectivity index (χ4v) is 2.68. The molecule has 0 unspecified atom stereocenters. The molecule has 0 atom stereocenters. The van der Waals surface area contributed by atoms with Crippen LogP contribution in [0.15, 0.2) is 17.5 Å². The zero-order valence-corrected chi connectivity index (χ0v) is 10.8. The highest BCUT2D eigenvalue weighted by Crippen LogP contribution is 2.31. The summed E-state index contributed by atoms with van der Waals surface area (Å²) >= 11 is 1.53. The molecular weight excluding hydrogens is 218 g/mol. The molecule has 0 spiro atoms. The standard InChI is InChI=1S/C13H15NOS/c1-8-5-9(2)12(10(3)6-8)11-7-16-13(14-11)15-4/h5-7H,1-4H3. The minimum atomic E-state index is 0.717. The van der Waals surface area contributed by atoms with E-state index in [4.69, 9.17) is 4.74 Å². The van der Waals surface area contributed by atoms with Crippen molar-refractivity contribution in [3.8, 4) is 16.5 Å². The van der Waals surface area contributed by atoms with Crippen LogP contribution in [-0.4, -0.2) is 12.1 Å². The Morgan fingerprint density at radius 3 is 2.25 bits per heavy atom. The molecule has 84 valence electrons. The molecule has 0 saturated heterocycles. The summed E-state index contributed by atoms with van der Waals surface area (Å²) in [4.78, 5) is 4.45. The molecule has 1 aromatic heterocycles. The highest BCUT2D eigenvalue weighted by atomic mass is 32.1. The second-order valence-electron chi connectivity index (χ2n) is 3.98. The second-order valence-corrected chi connectivity index (χ2v) is 4.80. The Labute approximate surface area is 99.9 Å². The average molecular weight is 233 g/mol. The number of aromatic nitrogens is 1. The number of hydrogen-bond donors (Lipinski definition) is 0. The first-order chi connectivity index (χ1) is 7.61. The van der Waals surface area contributed by atoms with Gasteiger partial charge in [-0.1, -0.05) is 29.0 Å². The van der Waals surface area contributed by atoms with E-state index in [0.29, 0.717) is 0 Å². The Balaban J connectivity index is 2.55. The highest BCUT2D eigenvalue weighted by molar-refractivity contribution is 7.11. The summed E-state index contributed by atoms with van der Waals surface area (Å²) in [6, 6.07) is 4.38. The summed E-state index contributed by atoms with van der Waals surface area (Å²) in [5, 5.41) is 2.76. The molecule has 1 heterocycles. The Hall–Kier alpha value is -1.35. The van der Waals surface area contributed by atoms with E-state index in [1.54, 1.807) is 7.11 Å². The molecule has 2 nitrogen and oxygen atoms in total. The van der Waals surface area contributed by atoms with Gasteiger partial charge in [-0.2, -0.15) is 0 Å². The smallest absolute Gasteiger partial charge is 0.273 e. The van der Waals surface area contributed by atoms with E-state index in [0.717, 1.165) is 10.9 Å². The lowest BCUT2D eigenvalue weighted by Gasteiger charge is -2.08. The summed E-state index contributed by atoms with van der Waals surface area (Å²) in [6.45, 7) is 6.37. The largest absolute Gasteiger partial charge is 0.473 e. The van der Waals surface area contributed by atoms with E-state index in [2.05, 4.69) is 37.9 Å². The van der Waals surface area contributed by atoms with E-state index in [1.807, 2.05) is 5.38 Å². The topological polar surface area (TPSA) is 22.1 Å². The van der Waals surface area contributed by atoms with Gasteiger partial charge in [-0.15, -0.1) is 0 Å². The van der Waals surface area contributed by atoms with Crippen molar-refractivity contribution < 1.29 is 4.74 Å². The molecule has 0 radical (unpaired) electrons. The Bertz CT molecular complexity index is 493. The second kappa shape index (κ2) is 4.26. The van der Waals surface area contributed by atoms with E-state index in [9.17, 15) is 0 Å². The molecule has 3 heteroatoms. The average Bonchev–Trinajstić information content (AvgIpc) is 2.64. The molecule has 16 heavy (non-hydrogen) atoms. The molecule has 0 N–H and O–H groups in total. The van der Waals surface area contributed by atoms with Gasteiger partial charge in [0.25, 0.3) is 5.19 Å². The van der Waals surface area contributed by atoms with E-state index in [1.165, 1.54) is 33.6 Å². The zero-order chi connectivity index (χ0) is 11.7. The predicted molar refractivity (Wildman–Crippen MR) is 68.3 cm³/mol. The maximum Gasteiger partial charge on any atom is 0.273 e. The summed E-state index contributed by atoms with van der Waals surface area (Å²) in [5.41, 5.74) is 6.07. The predicted octanol–water partition coefficient (Wildman–Crippen LogP) is 3.74. The van der Waals surface area contributed by atoms with Crippen LogP contribution >= 0.6 is 11.3 Å². The van der Waals surface area contributed by atoms with E-state index in [-0.39, 0.29) is 0 Å². The molecule has 1 aromatic carbocycles. The van der Waals surface area contributed by atoms with Crippen molar-refractivity contribution in [2.75, 3.05) is 7.11 Å². The monoisotopic (exact) mass is 233 g/mol. The molecule has 0 aliphatic heterocycles. The Morgan fingerprint density at radius 1 is 1.12 bits per heavy atom. The quantitative estimate of drug-likeness (QED) is 0.788. The van der Waals surface area contributed by atoms with Gasteiger partial charge in [0.2, 0.25) is 0 Å². The van der Waals surface area contributed by atoms with Gasteiger partial charge in [-0.05, 0) is 31.9 Å². The Kier molecular flexibility index (Phi) is 2.97. The molecule has 2 aromatic rings. The lowest BCUT2D eigenvalue weighted by atomic mass is 9.98. The third-order valence-electron chi connectivity index (χ3n) is 2.59. The van der Waals surface area contributed by atoms with Crippen molar-refractivity contribution >= 4 is 11.3 Å². The first-order valence-corrected chi connectivity index (χ1v) is 6.07. The fourth-order valence-electron chi connectivity index (χ4n) is 2.05. The summed E-state index contributed by atoms with van der Waals surface area (Å²) in [7, 11) is 1.65. The SMILES string of the molecule is COc1nc(-c2c(C)cc(C)cc2C)cs1. The van der Waals surface area contributed by atoms with Crippen LogP contribution in [0.4, 0.5) is 0 Å². The first kappa shape index (κ1) is 11.1. The van der Waals surface area contributed by atoms with Crippen molar-refractivity contribution in [2.24, 2.45) is 0 Å². The number of ether oxygens (including phenoxy) is 1. The van der Waals surface area contributed by atoms with Crippen molar-refractivity contribution in [2.45, 2.75) is 20.8 Å². The third kappa shape index (κ3) is 1.95. The van der Waals surface area contributed by atoms with Crippen LogP contribution in [0, 0.1) is 20.8 Å². The van der Waals surface area contributed by atoms with Crippen LogP contribution in [0.25, 0.3) is 11.3 Å². The van der Waals surface area contributed by atoms with Gasteiger partial charge in [-0.3, -0.25) is 0 Å². The zero-order valence-electron chi connectivity index (χ0n) is 10.00. The number of rotatable bonds is 2. The normalized spacial score (nSPS) is 10.5. The lowest BCUT2D eigenvalue weighted by molar-refractivity contribution is 0.412. The van der Waals surface area contributed by atoms with Crippen molar-refractivity contribution in [3.05, 3.63) is 34.2 Å². The van der Waals surface area contributed by atoms with Gasteiger partial charge in [-0.25, -0.2) is 4.98 Å². The third-order valence-corrected chi connectivity index (χ3v) is 3.39. The number of nitrogens with zero attached hydrogens (tertiary/aromatic N) is 1. The minimum absolute atomic E-state index is 0.717. The number of benzene rings is 1. The maximum absolute atomic E-state index is 5.13. The summed E-state index contributed by atoms with van der Waals surface area (Å²) in [5.74, 6) is 0. The van der Waals surface area contributed by atoms with Crippen LogP contribution in [-0.2, 0) is 0 Å². The number of thiazole rings is 1. The van der Waals surface area contributed by atoms with Crippen LogP contribution in [0.5, 0.6) is 5.19 Å². The molecule has 0 fully saturated rings. The summed E-state index contributed by atoms with van der Waals surface area (Å²) in [6.07, 6.45) is 0. The number of hydrogen-bond acceptors (Lipinski definition) is 3. The van der Waals surface area contributed by atoms with Gasteiger partial charge in [0.1, 0.15) is 0 Å². The van der Waals surface area contributed by atoms with E-state index < -0.39 is 0 Å². The molecule has 0 aliphatic rings. The summed E-state index contributed by atoms with van der Waals surface area (Å²) < 4.78 is 5.13. The van der Waals surface area contributed by atoms with Gasteiger partial charge in [0, 0.05) is 10.9 Å². The number of methoxy groups -OCH3 is 1. The molecule has 0 aliphatic carbocycles. The maximum atomic E-state index is 5.13. The molecule has 0 amide bonds. The van der Waals surface area contributed by atoms with Gasteiger partial charge in [0.05, 0.1) is 12.8 Å². The first-order valence-electron chi connectivity index (χ1n) is 5.19. The van der Waals surface area contributed by atoms with Crippen LogP contribution in [0.2, 0.25) is 0 Å². The molecular formula is C13H15NOS. The van der Waals surface area contributed by atoms with E-state index >= 15 is 0 Å². The van der Waals surface area contributed by atoms with Gasteiger partial charge in [0.15, 0.2) is 0 Å². The highest BCUT2D eigenvalue weighted by Gasteiger charge is 2.10.